The van der Waals surface area contributed by atoms with Gasteiger partial charge in [-0.3, -0.25) is 0 Å². The molecule has 8 heteroatoms. The minimum Gasteiger partial charge on any atom is -0.485 e. The van der Waals surface area contributed by atoms with E-state index in [9.17, 15) is 4.39 Å². The number of benzene rings is 2. The van der Waals surface area contributed by atoms with Crippen molar-refractivity contribution in [3.63, 3.8) is 0 Å². The molecule has 136 valence electrons. The Balaban J connectivity index is 1.68. The van der Waals surface area contributed by atoms with Crippen molar-refractivity contribution in [3.8, 4) is 5.75 Å². The van der Waals surface area contributed by atoms with E-state index < -0.39 is 0 Å². The van der Waals surface area contributed by atoms with Gasteiger partial charge in [-0.25, -0.2) is 9.07 Å². The lowest BCUT2D eigenvalue weighted by molar-refractivity contribution is 0.288. The topological polar surface area (TPSA) is 66.0 Å². The minimum absolute atomic E-state index is 0.191. The average molecular weight is 393 g/mol. The van der Waals surface area contributed by atoms with Crippen LogP contribution in [-0.2, 0) is 12.4 Å². The number of nitrogens with zero attached hydrogens (tertiary/aromatic N) is 3. The number of rotatable bonds is 6. The summed E-state index contributed by atoms with van der Waals surface area (Å²) in [4.78, 5) is 0. The highest BCUT2D eigenvalue weighted by Crippen LogP contribution is 2.28. The molecule has 1 heterocycles. The Labute approximate surface area is 160 Å². The van der Waals surface area contributed by atoms with Gasteiger partial charge in [-0.15, -0.1) is 10.2 Å². The zero-order valence-electron chi connectivity index (χ0n) is 14.4. The van der Waals surface area contributed by atoms with Crippen molar-refractivity contribution >= 4 is 23.4 Å². The molecule has 3 aromatic rings. The fraction of sp³-hybridized carbons (Fsp3) is 0.222. The first kappa shape index (κ1) is 18.5. The lowest BCUT2D eigenvalue weighted by Gasteiger charge is -2.11. The maximum absolute atomic E-state index is 13.9. The smallest absolute Gasteiger partial charge is 0.210 e. The van der Waals surface area contributed by atoms with E-state index >= 15 is 0 Å². The number of halogens is 2. The normalized spacial score (nSPS) is 10.9. The summed E-state index contributed by atoms with van der Waals surface area (Å²) in [6.45, 7) is 4.15. The number of aromatic nitrogens is 3. The highest BCUT2D eigenvalue weighted by molar-refractivity contribution is 7.98. The monoisotopic (exact) mass is 392 g/mol. The molecule has 2 N–H and O–H groups in total. The van der Waals surface area contributed by atoms with Gasteiger partial charge in [0.05, 0.1) is 0 Å². The van der Waals surface area contributed by atoms with Gasteiger partial charge in [0.15, 0.2) is 5.82 Å². The molecule has 0 atom stereocenters. The third kappa shape index (κ3) is 3.94. The van der Waals surface area contributed by atoms with Crippen LogP contribution >= 0.6 is 23.4 Å². The van der Waals surface area contributed by atoms with Gasteiger partial charge in [-0.05, 0) is 37.1 Å². The van der Waals surface area contributed by atoms with Crippen LogP contribution in [0.15, 0.2) is 41.6 Å². The first-order valence-corrected chi connectivity index (χ1v) is 9.27. The lowest BCUT2D eigenvalue weighted by atomic mass is 10.1. The van der Waals surface area contributed by atoms with Gasteiger partial charge < -0.3 is 10.6 Å². The summed E-state index contributed by atoms with van der Waals surface area (Å²) in [5, 5.41) is 8.95. The van der Waals surface area contributed by atoms with E-state index in [1.165, 1.54) is 22.5 Å². The maximum atomic E-state index is 13.9. The van der Waals surface area contributed by atoms with Crippen LogP contribution in [0.2, 0.25) is 5.02 Å². The molecule has 0 aliphatic carbocycles. The largest absolute Gasteiger partial charge is 0.485 e. The molecule has 0 spiro atoms. The Kier molecular flexibility index (Phi) is 5.68. The van der Waals surface area contributed by atoms with Gasteiger partial charge in [-0.1, -0.05) is 47.6 Å². The quantitative estimate of drug-likeness (QED) is 0.501. The van der Waals surface area contributed by atoms with Crippen LogP contribution in [0.3, 0.4) is 0 Å². The molecule has 0 bridgehead atoms. The summed E-state index contributed by atoms with van der Waals surface area (Å²) < 4.78 is 21.1. The van der Waals surface area contributed by atoms with Crippen LogP contribution in [0.5, 0.6) is 5.75 Å². The van der Waals surface area contributed by atoms with E-state index in [1.807, 2.05) is 32.0 Å². The minimum atomic E-state index is -0.355. The second-order valence-corrected chi connectivity index (χ2v) is 7.12. The maximum Gasteiger partial charge on any atom is 0.210 e. The van der Waals surface area contributed by atoms with Crippen molar-refractivity contribution in [2.45, 2.75) is 31.4 Å². The van der Waals surface area contributed by atoms with Crippen molar-refractivity contribution in [1.29, 1.82) is 0 Å². The molecular formula is C18H18ClFN4OS. The summed E-state index contributed by atoms with van der Waals surface area (Å²) >= 11 is 7.30. The van der Waals surface area contributed by atoms with E-state index in [0.29, 0.717) is 27.3 Å². The van der Waals surface area contributed by atoms with E-state index in [1.54, 1.807) is 12.1 Å². The SMILES string of the molecule is Cc1cccc(C)c1OCc1nnc(SCc2c(F)cccc2Cl)n1N. The Morgan fingerprint density at radius 1 is 1.15 bits per heavy atom. The van der Waals surface area contributed by atoms with Crippen molar-refractivity contribution < 1.29 is 9.13 Å². The molecular weight excluding hydrogens is 375 g/mol. The van der Waals surface area contributed by atoms with Crippen LogP contribution in [0, 0.1) is 19.7 Å². The zero-order valence-corrected chi connectivity index (χ0v) is 15.9. The van der Waals surface area contributed by atoms with E-state index in [4.69, 9.17) is 22.2 Å². The third-order valence-corrected chi connectivity index (χ3v) is 5.22. The second kappa shape index (κ2) is 7.97. The number of nitrogens with two attached hydrogens (primary N) is 1. The molecule has 0 saturated heterocycles. The van der Waals surface area contributed by atoms with Gasteiger partial charge in [0.1, 0.15) is 18.2 Å². The number of thioether (sulfide) groups is 1. The molecule has 0 aliphatic heterocycles. The summed E-state index contributed by atoms with van der Waals surface area (Å²) in [6.07, 6.45) is 0. The molecule has 0 amide bonds. The summed E-state index contributed by atoms with van der Waals surface area (Å²) in [6, 6.07) is 10.5. The highest BCUT2D eigenvalue weighted by Gasteiger charge is 2.14. The summed E-state index contributed by atoms with van der Waals surface area (Å²) in [5.41, 5.74) is 2.49. The second-order valence-electron chi connectivity index (χ2n) is 5.77. The summed E-state index contributed by atoms with van der Waals surface area (Å²) in [7, 11) is 0. The molecule has 2 aromatic carbocycles. The van der Waals surface area contributed by atoms with Crippen LogP contribution < -0.4 is 10.6 Å². The van der Waals surface area contributed by atoms with E-state index in [0.717, 1.165) is 16.9 Å². The first-order valence-electron chi connectivity index (χ1n) is 7.91. The Bertz CT molecular complexity index is 818. The highest BCUT2D eigenvalue weighted by atomic mass is 35.5. The summed E-state index contributed by atoms with van der Waals surface area (Å²) in [5.74, 6) is 7.29. The first-order chi connectivity index (χ1) is 12.5. The molecule has 0 unspecified atom stereocenters. The number of para-hydroxylation sites is 1. The molecule has 5 nitrogen and oxygen atoms in total. The van der Waals surface area contributed by atoms with Crippen LogP contribution in [0.1, 0.15) is 22.5 Å². The third-order valence-electron chi connectivity index (χ3n) is 3.90. The predicted octanol–water partition coefficient (Wildman–Crippen LogP) is 4.27. The zero-order chi connectivity index (χ0) is 18.7. The molecule has 0 radical (unpaired) electrons. The van der Waals surface area contributed by atoms with Crippen LogP contribution in [-0.4, -0.2) is 14.9 Å². The van der Waals surface area contributed by atoms with Crippen molar-refractivity contribution in [2.75, 3.05) is 5.84 Å². The Morgan fingerprint density at radius 2 is 1.85 bits per heavy atom. The Morgan fingerprint density at radius 3 is 2.54 bits per heavy atom. The average Bonchev–Trinajstić information content (AvgIpc) is 2.94. The van der Waals surface area contributed by atoms with Crippen LogP contribution in [0.4, 0.5) is 4.39 Å². The van der Waals surface area contributed by atoms with Gasteiger partial charge in [0, 0.05) is 16.3 Å². The fourth-order valence-electron chi connectivity index (χ4n) is 2.47. The number of hydrogen-bond acceptors (Lipinski definition) is 5. The van der Waals surface area contributed by atoms with Gasteiger partial charge in [0.25, 0.3) is 0 Å². The molecule has 0 aliphatic rings. The van der Waals surface area contributed by atoms with Crippen LogP contribution in [0.25, 0.3) is 0 Å². The number of ether oxygens (including phenoxy) is 1. The van der Waals surface area contributed by atoms with Crippen molar-refractivity contribution in [1.82, 2.24) is 14.9 Å². The van der Waals surface area contributed by atoms with Gasteiger partial charge >= 0.3 is 0 Å². The van der Waals surface area contributed by atoms with E-state index in [-0.39, 0.29) is 12.4 Å². The standard InChI is InChI=1S/C18H18ClFN4OS/c1-11-5-3-6-12(2)17(11)25-9-16-22-23-18(24(16)21)26-10-13-14(19)7-4-8-15(13)20/h3-8H,9-10,21H2,1-2H3. The molecule has 3 rings (SSSR count). The molecule has 0 fully saturated rings. The Hall–Kier alpha value is -2.25. The lowest BCUT2D eigenvalue weighted by Crippen LogP contribution is -2.16. The van der Waals surface area contributed by atoms with Gasteiger partial charge in [-0.2, -0.15) is 0 Å². The van der Waals surface area contributed by atoms with Gasteiger partial charge in [0.2, 0.25) is 5.16 Å². The molecule has 0 saturated carbocycles. The predicted molar refractivity (Wildman–Crippen MR) is 101 cm³/mol. The van der Waals surface area contributed by atoms with E-state index in [2.05, 4.69) is 10.2 Å². The number of hydrogen-bond donors (Lipinski definition) is 1. The molecule has 26 heavy (non-hydrogen) atoms. The number of nitrogen functional groups attached to an aromatic ring is 1. The number of aryl methyl sites for hydroxylation is 2. The molecule has 1 aromatic heterocycles. The van der Waals surface area contributed by atoms with Crippen molar-refractivity contribution in [3.05, 3.63) is 69.8 Å². The van der Waals surface area contributed by atoms with Crippen molar-refractivity contribution in [2.24, 2.45) is 0 Å². The fourth-order valence-corrected chi connectivity index (χ4v) is 3.69.